The third-order valence-electron chi connectivity index (χ3n) is 1.86. The summed E-state index contributed by atoms with van der Waals surface area (Å²) in [5, 5.41) is 8.67. The maximum atomic E-state index is 10.6. The number of para-hydroxylation sites is 1. The van der Waals surface area contributed by atoms with Gasteiger partial charge in [0.25, 0.3) is 0 Å². The first-order chi connectivity index (χ1) is 6.77. The van der Waals surface area contributed by atoms with Crippen molar-refractivity contribution in [2.75, 3.05) is 0 Å². The van der Waals surface area contributed by atoms with Gasteiger partial charge in [0.1, 0.15) is 6.33 Å². The zero-order valence-corrected chi connectivity index (χ0v) is 7.29. The van der Waals surface area contributed by atoms with E-state index in [2.05, 4.69) is 4.98 Å². The minimum absolute atomic E-state index is 0. The maximum absolute atomic E-state index is 10.6. The van der Waals surface area contributed by atoms with Gasteiger partial charge in [0, 0.05) is 11.9 Å². The summed E-state index contributed by atoms with van der Waals surface area (Å²) in [7, 11) is 0. The Kier molecular flexibility index (Phi) is 3.72. The molecule has 0 aliphatic rings. The molecule has 0 bridgehead atoms. The second kappa shape index (κ2) is 4.83. The quantitative estimate of drug-likeness (QED) is 0.726. The molecule has 15 heavy (non-hydrogen) atoms. The summed E-state index contributed by atoms with van der Waals surface area (Å²) < 4.78 is 1.67. The summed E-state index contributed by atoms with van der Waals surface area (Å²) in [5.41, 5.74) is 0.946. The van der Waals surface area contributed by atoms with Gasteiger partial charge in [-0.2, -0.15) is 0 Å². The number of aromatic nitrogens is 2. The van der Waals surface area contributed by atoms with Crippen molar-refractivity contribution in [3.05, 3.63) is 48.5 Å². The molecule has 0 unspecified atom stereocenters. The van der Waals surface area contributed by atoms with Crippen molar-refractivity contribution >= 4 is 24.8 Å². The van der Waals surface area contributed by atoms with E-state index in [1.165, 1.54) is 12.5 Å². The zero-order chi connectivity index (χ0) is 9.97. The summed E-state index contributed by atoms with van der Waals surface area (Å²) >= 11 is 0. The van der Waals surface area contributed by atoms with Gasteiger partial charge in [0.15, 0.2) is 5.69 Å². The minimum atomic E-state index is -1.01. The Hall–Kier alpha value is -1.50. The van der Waals surface area contributed by atoms with Crippen LogP contribution in [0.5, 0.6) is 0 Å². The second-order valence-electron chi connectivity index (χ2n) is 2.81. The number of carbonyl (C=O) groups is 1. The fraction of sp³-hybridized carbons (Fsp3) is 0. The van der Waals surface area contributed by atoms with Gasteiger partial charge in [-0.15, -0.1) is 0 Å². The first-order valence-corrected chi connectivity index (χ1v) is 4.10. The van der Waals surface area contributed by atoms with Crippen molar-refractivity contribution in [3.8, 4) is 5.69 Å². The molecule has 0 saturated carbocycles. The second-order valence-corrected chi connectivity index (χ2v) is 2.81. The molecule has 0 fully saturated rings. The van der Waals surface area contributed by atoms with Crippen LogP contribution in [0.2, 0.25) is 0 Å². The number of imidazole rings is 1. The molecular weight excluding hydrogens is 187 g/mol. The first kappa shape index (κ1) is 11.6. The molecule has 2 aromatic rings. The fourth-order valence-corrected chi connectivity index (χ4v) is 1.17. The van der Waals surface area contributed by atoms with E-state index < -0.39 is 5.97 Å². The normalized spacial score (nSPS) is 9.33. The van der Waals surface area contributed by atoms with Gasteiger partial charge < -0.3 is 9.67 Å². The number of carboxylic acid groups (broad SMARTS) is 1. The Morgan fingerprint density at radius 1 is 1.27 bits per heavy atom. The molecule has 0 saturated heterocycles. The SMILES string of the molecule is O=C(O)c1cn(-c2ccccc2)cn1.[LiH]. The predicted octanol–water partition coefficient (Wildman–Crippen LogP) is 0.922. The van der Waals surface area contributed by atoms with E-state index >= 15 is 0 Å². The number of nitrogens with zero attached hydrogens (tertiary/aromatic N) is 2. The standard InChI is InChI=1S/C10H8N2O2.Li.H/c13-10(14)9-6-12(7-11-9)8-4-2-1-3-5-8;;/h1-7H,(H,13,14);;. The predicted molar refractivity (Wildman–Crippen MR) is 57.7 cm³/mol. The third-order valence-corrected chi connectivity index (χ3v) is 1.86. The van der Waals surface area contributed by atoms with Gasteiger partial charge in [-0.25, -0.2) is 9.78 Å². The van der Waals surface area contributed by atoms with Gasteiger partial charge in [-0.1, -0.05) is 18.2 Å². The molecule has 1 aromatic carbocycles. The summed E-state index contributed by atoms with van der Waals surface area (Å²) in [6.07, 6.45) is 2.97. The molecule has 0 aliphatic heterocycles. The van der Waals surface area contributed by atoms with Crippen LogP contribution in [0.4, 0.5) is 0 Å². The summed E-state index contributed by atoms with van der Waals surface area (Å²) in [5.74, 6) is -1.01. The van der Waals surface area contributed by atoms with Crippen LogP contribution < -0.4 is 0 Å². The van der Waals surface area contributed by atoms with Crippen LogP contribution in [-0.2, 0) is 0 Å². The van der Waals surface area contributed by atoms with Crippen LogP contribution in [-0.4, -0.2) is 39.5 Å². The van der Waals surface area contributed by atoms with Gasteiger partial charge in [-0.05, 0) is 12.1 Å². The van der Waals surface area contributed by atoms with Crippen LogP contribution in [0.25, 0.3) is 5.69 Å². The molecule has 72 valence electrons. The Bertz CT molecular complexity index is 453. The van der Waals surface area contributed by atoms with E-state index in [9.17, 15) is 4.79 Å². The zero-order valence-electron chi connectivity index (χ0n) is 7.29. The molecule has 2 rings (SSSR count). The number of carboxylic acids is 1. The number of benzene rings is 1. The van der Waals surface area contributed by atoms with Crippen LogP contribution in [0.3, 0.4) is 0 Å². The molecule has 1 aromatic heterocycles. The number of hydrogen-bond acceptors (Lipinski definition) is 2. The van der Waals surface area contributed by atoms with E-state index in [0.29, 0.717) is 0 Å². The molecule has 0 aliphatic carbocycles. The molecular formula is C10H9LiN2O2. The van der Waals surface area contributed by atoms with Crippen LogP contribution in [0, 0.1) is 0 Å². The average molecular weight is 196 g/mol. The van der Waals surface area contributed by atoms with Crippen molar-refractivity contribution < 1.29 is 9.90 Å². The molecule has 0 amide bonds. The van der Waals surface area contributed by atoms with Crippen molar-refractivity contribution in [1.82, 2.24) is 9.55 Å². The molecule has 4 nitrogen and oxygen atoms in total. The number of aromatic carboxylic acids is 1. The van der Waals surface area contributed by atoms with Gasteiger partial charge >= 0.3 is 24.8 Å². The molecule has 1 N–H and O–H groups in total. The fourth-order valence-electron chi connectivity index (χ4n) is 1.17. The summed E-state index contributed by atoms with van der Waals surface area (Å²) in [4.78, 5) is 14.3. The first-order valence-electron chi connectivity index (χ1n) is 4.10. The summed E-state index contributed by atoms with van der Waals surface area (Å²) in [6, 6.07) is 9.44. The topological polar surface area (TPSA) is 55.1 Å². The van der Waals surface area contributed by atoms with Crippen LogP contribution in [0.15, 0.2) is 42.9 Å². The Morgan fingerprint density at radius 2 is 1.93 bits per heavy atom. The van der Waals surface area contributed by atoms with E-state index in [-0.39, 0.29) is 24.6 Å². The monoisotopic (exact) mass is 196 g/mol. The molecule has 5 heteroatoms. The van der Waals surface area contributed by atoms with Crippen molar-refractivity contribution in [1.29, 1.82) is 0 Å². The molecule has 0 atom stereocenters. The third kappa shape index (κ3) is 2.49. The van der Waals surface area contributed by atoms with Gasteiger partial charge in [0.05, 0.1) is 0 Å². The van der Waals surface area contributed by atoms with E-state index in [1.54, 1.807) is 4.57 Å². The summed E-state index contributed by atoms with van der Waals surface area (Å²) in [6.45, 7) is 0. The van der Waals surface area contributed by atoms with E-state index in [1.807, 2.05) is 30.3 Å². The van der Waals surface area contributed by atoms with Crippen molar-refractivity contribution in [3.63, 3.8) is 0 Å². The van der Waals surface area contributed by atoms with Crippen LogP contribution in [0.1, 0.15) is 10.5 Å². The van der Waals surface area contributed by atoms with Gasteiger partial charge in [0.2, 0.25) is 0 Å². The average Bonchev–Trinajstić information content (AvgIpc) is 2.68. The molecule has 0 spiro atoms. The Labute approximate surface area is 98.7 Å². The van der Waals surface area contributed by atoms with Crippen LogP contribution >= 0.6 is 0 Å². The Morgan fingerprint density at radius 3 is 2.47 bits per heavy atom. The van der Waals surface area contributed by atoms with Gasteiger partial charge in [-0.3, -0.25) is 0 Å². The van der Waals surface area contributed by atoms with E-state index in [4.69, 9.17) is 5.11 Å². The van der Waals surface area contributed by atoms with E-state index in [0.717, 1.165) is 5.69 Å². The Balaban J connectivity index is 0.00000112. The molecule has 1 heterocycles. The number of rotatable bonds is 2. The van der Waals surface area contributed by atoms with Crippen molar-refractivity contribution in [2.24, 2.45) is 0 Å². The number of hydrogen-bond donors (Lipinski definition) is 1. The molecule has 0 radical (unpaired) electrons. The van der Waals surface area contributed by atoms with Crippen molar-refractivity contribution in [2.45, 2.75) is 0 Å².